The van der Waals surface area contributed by atoms with Gasteiger partial charge in [0.2, 0.25) is 0 Å². The van der Waals surface area contributed by atoms with Gasteiger partial charge in [-0.15, -0.1) is 0 Å². The molecule has 1 N–H and O–H groups in total. The van der Waals surface area contributed by atoms with E-state index in [1.165, 1.54) is 12.8 Å². The van der Waals surface area contributed by atoms with Gasteiger partial charge < -0.3 is 5.32 Å². The molecule has 2 aromatic heterocycles. The van der Waals surface area contributed by atoms with E-state index in [1.54, 1.807) is 23.3 Å². The number of nitrogens with zero attached hydrogens (tertiary/aromatic N) is 3. The number of amides is 1. The van der Waals surface area contributed by atoms with Crippen LogP contribution in [0.25, 0.3) is 16.9 Å². The highest BCUT2D eigenvalue weighted by molar-refractivity contribution is 5.99. The van der Waals surface area contributed by atoms with Crippen molar-refractivity contribution >= 4 is 5.91 Å². The molecule has 0 atom stereocenters. The van der Waals surface area contributed by atoms with Gasteiger partial charge in [0.1, 0.15) is 5.69 Å². The number of aromatic nitrogens is 3. The Hall–Kier alpha value is -2.95. The minimum absolute atomic E-state index is 0.0949. The molecule has 0 unspecified atom stereocenters. The Morgan fingerprint density at radius 1 is 1.08 bits per heavy atom. The van der Waals surface area contributed by atoms with Gasteiger partial charge in [-0.25, -0.2) is 4.68 Å². The number of carbonyl (C=O) groups excluding carboxylic acids is 1. The Morgan fingerprint density at radius 3 is 2.65 bits per heavy atom. The smallest absolute Gasteiger partial charge is 0.255 e. The monoisotopic (exact) mass is 348 g/mol. The van der Waals surface area contributed by atoms with Crippen LogP contribution >= 0.6 is 0 Å². The molecule has 0 aliphatic carbocycles. The Labute approximate surface area is 154 Å². The lowest BCUT2D eigenvalue weighted by Crippen LogP contribution is -2.24. The lowest BCUT2D eigenvalue weighted by molar-refractivity contribution is 0.0953. The Morgan fingerprint density at radius 2 is 1.92 bits per heavy atom. The molecule has 0 spiro atoms. The number of hydrogen-bond donors (Lipinski definition) is 1. The van der Waals surface area contributed by atoms with E-state index in [9.17, 15) is 4.79 Å². The number of pyridine rings is 1. The predicted octanol–water partition coefficient (Wildman–Crippen LogP) is 4.24. The van der Waals surface area contributed by atoms with Crippen molar-refractivity contribution in [1.82, 2.24) is 20.1 Å². The van der Waals surface area contributed by atoms with Gasteiger partial charge in [0.15, 0.2) is 0 Å². The highest BCUT2D eigenvalue weighted by atomic mass is 16.1. The van der Waals surface area contributed by atoms with E-state index in [2.05, 4.69) is 22.3 Å². The van der Waals surface area contributed by atoms with E-state index < -0.39 is 0 Å². The van der Waals surface area contributed by atoms with Crippen molar-refractivity contribution in [3.05, 3.63) is 66.6 Å². The zero-order chi connectivity index (χ0) is 18.2. The number of rotatable bonds is 8. The zero-order valence-electron chi connectivity index (χ0n) is 15.1. The summed E-state index contributed by atoms with van der Waals surface area (Å²) in [6.45, 7) is 2.86. The molecule has 0 radical (unpaired) electrons. The third kappa shape index (κ3) is 4.36. The Bertz CT molecular complexity index is 828. The van der Waals surface area contributed by atoms with E-state index >= 15 is 0 Å². The minimum atomic E-state index is -0.0949. The first-order valence-corrected chi connectivity index (χ1v) is 9.13. The second kappa shape index (κ2) is 8.94. The van der Waals surface area contributed by atoms with E-state index in [4.69, 9.17) is 0 Å². The molecule has 0 saturated carbocycles. The van der Waals surface area contributed by atoms with Gasteiger partial charge in [0.05, 0.1) is 11.3 Å². The summed E-state index contributed by atoms with van der Waals surface area (Å²) in [6, 6.07) is 13.6. The molecular formula is C21H24N4O. The normalized spacial score (nSPS) is 10.7. The zero-order valence-corrected chi connectivity index (χ0v) is 15.1. The third-order valence-electron chi connectivity index (χ3n) is 4.23. The molecule has 1 amide bonds. The van der Waals surface area contributed by atoms with Crippen molar-refractivity contribution in [3.63, 3.8) is 0 Å². The van der Waals surface area contributed by atoms with Crippen LogP contribution < -0.4 is 5.32 Å². The summed E-state index contributed by atoms with van der Waals surface area (Å²) in [4.78, 5) is 16.9. The summed E-state index contributed by atoms with van der Waals surface area (Å²) in [7, 11) is 0. The molecule has 0 aliphatic heterocycles. The molecule has 0 aliphatic rings. The van der Waals surface area contributed by atoms with Gasteiger partial charge in [-0.2, -0.15) is 5.10 Å². The van der Waals surface area contributed by atoms with Crippen LogP contribution in [0, 0.1) is 0 Å². The summed E-state index contributed by atoms with van der Waals surface area (Å²) in [5.74, 6) is -0.0949. The molecule has 3 rings (SSSR count). The number of carbonyl (C=O) groups is 1. The quantitative estimate of drug-likeness (QED) is 0.619. The van der Waals surface area contributed by atoms with Crippen LogP contribution in [0.3, 0.4) is 0 Å². The molecular weight excluding hydrogens is 324 g/mol. The second-order valence-corrected chi connectivity index (χ2v) is 6.23. The van der Waals surface area contributed by atoms with Gasteiger partial charge in [-0.3, -0.25) is 9.78 Å². The Balaban J connectivity index is 1.85. The fraction of sp³-hybridized carbons (Fsp3) is 0.286. The molecule has 26 heavy (non-hydrogen) atoms. The Kier molecular flexibility index (Phi) is 6.14. The fourth-order valence-electron chi connectivity index (χ4n) is 2.82. The molecule has 3 aromatic rings. The maximum atomic E-state index is 12.7. The maximum Gasteiger partial charge on any atom is 0.255 e. The second-order valence-electron chi connectivity index (χ2n) is 6.23. The van der Waals surface area contributed by atoms with E-state index in [-0.39, 0.29) is 5.91 Å². The van der Waals surface area contributed by atoms with Gasteiger partial charge in [-0.1, -0.05) is 44.4 Å². The summed E-state index contributed by atoms with van der Waals surface area (Å²) in [6.07, 6.45) is 9.75. The van der Waals surface area contributed by atoms with Crippen LogP contribution in [0.2, 0.25) is 0 Å². The van der Waals surface area contributed by atoms with Gasteiger partial charge >= 0.3 is 0 Å². The van der Waals surface area contributed by atoms with E-state index in [1.807, 2.05) is 42.5 Å². The number of hydrogen-bond acceptors (Lipinski definition) is 3. The van der Waals surface area contributed by atoms with Crippen LogP contribution in [0.1, 0.15) is 43.0 Å². The van der Waals surface area contributed by atoms with Crippen LogP contribution in [0.4, 0.5) is 0 Å². The van der Waals surface area contributed by atoms with Crippen molar-refractivity contribution in [1.29, 1.82) is 0 Å². The molecule has 0 saturated heterocycles. The number of para-hydroxylation sites is 1. The van der Waals surface area contributed by atoms with Crippen molar-refractivity contribution < 1.29 is 4.79 Å². The topological polar surface area (TPSA) is 59.8 Å². The standard InChI is InChI=1S/C21H24N4O/c1-2-3-4-8-14-23-21(26)19-16-25(18-11-6-5-7-12-18)24-20(19)17-10-9-13-22-15-17/h5-7,9-13,15-16H,2-4,8,14H2,1H3,(H,23,26). The average Bonchev–Trinajstić information content (AvgIpc) is 3.15. The number of nitrogens with one attached hydrogen (secondary N) is 1. The molecule has 5 heteroatoms. The van der Waals surface area contributed by atoms with Crippen LogP contribution in [-0.4, -0.2) is 27.2 Å². The average molecular weight is 348 g/mol. The van der Waals surface area contributed by atoms with Gasteiger partial charge in [0.25, 0.3) is 5.91 Å². The minimum Gasteiger partial charge on any atom is -0.352 e. The lowest BCUT2D eigenvalue weighted by Gasteiger charge is -2.05. The largest absolute Gasteiger partial charge is 0.352 e. The van der Waals surface area contributed by atoms with Gasteiger partial charge in [-0.05, 0) is 30.7 Å². The number of benzene rings is 1. The summed E-state index contributed by atoms with van der Waals surface area (Å²) in [5.41, 5.74) is 2.96. The van der Waals surface area contributed by atoms with Crippen molar-refractivity contribution in [3.8, 4) is 16.9 Å². The summed E-state index contributed by atoms with van der Waals surface area (Å²) >= 11 is 0. The number of unbranched alkanes of at least 4 members (excludes halogenated alkanes) is 3. The summed E-state index contributed by atoms with van der Waals surface area (Å²) < 4.78 is 1.74. The first-order valence-electron chi connectivity index (χ1n) is 9.13. The van der Waals surface area contributed by atoms with Crippen molar-refractivity contribution in [2.75, 3.05) is 6.54 Å². The molecule has 0 fully saturated rings. The van der Waals surface area contributed by atoms with Crippen LogP contribution in [0.5, 0.6) is 0 Å². The van der Waals surface area contributed by atoms with Crippen molar-refractivity contribution in [2.45, 2.75) is 32.6 Å². The van der Waals surface area contributed by atoms with E-state index in [0.29, 0.717) is 17.8 Å². The first-order chi connectivity index (χ1) is 12.8. The van der Waals surface area contributed by atoms with Crippen LogP contribution in [-0.2, 0) is 0 Å². The highest BCUT2D eigenvalue weighted by Crippen LogP contribution is 2.23. The molecule has 5 nitrogen and oxygen atoms in total. The van der Waals surface area contributed by atoms with Crippen LogP contribution in [0.15, 0.2) is 61.1 Å². The molecule has 134 valence electrons. The lowest BCUT2D eigenvalue weighted by atomic mass is 10.1. The SMILES string of the molecule is CCCCCCNC(=O)c1cn(-c2ccccc2)nc1-c1cccnc1. The highest BCUT2D eigenvalue weighted by Gasteiger charge is 2.18. The maximum absolute atomic E-state index is 12.7. The predicted molar refractivity (Wildman–Crippen MR) is 103 cm³/mol. The summed E-state index contributed by atoms with van der Waals surface area (Å²) in [5, 5.41) is 7.67. The first kappa shape index (κ1) is 17.9. The van der Waals surface area contributed by atoms with Gasteiger partial charge in [0, 0.05) is 30.7 Å². The van der Waals surface area contributed by atoms with E-state index in [0.717, 1.165) is 24.1 Å². The fourth-order valence-corrected chi connectivity index (χ4v) is 2.82. The third-order valence-corrected chi connectivity index (χ3v) is 4.23. The molecule has 1 aromatic carbocycles. The van der Waals surface area contributed by atoms with Crippen molar-refractivity contribution in [2.24, 2.45) is 0 Å². The molecule has 2 heterocycles. The molecule has 0 bridgehead atoms.